The Hall–Kier alpha value is 0.700. The topological polar surface area (TPSA) is 21.3 Å². The van der Waals surface area contributed by atoms with Gasteiger partial charge in [0.15, 0.2) is 0 Å². The Morgan fingerprint density at radius 1 is 2.00 bits per heavy atom. The van der Waals surface area contributed by atoms with E-state index in [1.165, 1.54) is 12.2 Å². The highest BCUT2D eigenvalue weighted by atomic mass is 32.2. The van der Waals surface area contributed by atoms with E-state index in [-0.39, 0.29) is 0 Å². The molecule has 1 heterocycles. The molecule has 1 unspecified atom stereocenters. The standard InChI is InChI=1S/CH4NOPS/c1-3-5-2-4-1/h2,4H,1H2. The summed E-state index contributed by atoms with van der Waals surface area (Å²) in [6.07, 6.45) is 0.880. The van der Waals surface area contributed by atoms with E-state index < -0.39 is 0 Å². The summed E-state index contributed by atoms with van der Waals surface area (Å²) in [5, 5.41) is 0. The lowest BCUT2D eigenvalue weighted by Gasteiger charge is -1.73. The maximum Gasteiger partial charge on any atom is 0.0936 e. The SMILES string of the molecule is C1OSNP1. The van der Waals surface area contributed by atoms with Crippen LogP contribution < -0.4 is 4.49 Å². The Labute approximate surface area is 36.8 Å². The van der Waals surface area contributed by atoms with Crippen LogP contribution in [-0.2, 0) is 4.18 Å². The fourth-order valence-electron chi connectivity index (χ4n) is 0.147. The van der Waals surface area contributed by atoms with Gasteiger partial charge in [0.1, 0.15) is 0 Å². The van der Waals surface area contributed by atoms with E-state index in [0.717, 1.165) is 15.1 Å². The third kappa shape index (κ3) is 1.05. The van der Waals surface area contributed by atoms with Gasteiger partial charge in [-0.15, -0.1) is 0 Å². The lowest BCUT2D eigenvalue weighted by atomic mass is 11.7. The van der Waals surface area contributed by atoms with Crippen molar-refractivity contribution in [2.45, 2.75) is 0 Å². The van der Waals surface area contributed by atoms with Crippen LogP contribution in [0.25, 0.3) is 0 Å². The summed E-state index contributed by atoms with van der Waals surface area (Å²) in [5.74, 6) is 0. The Morgan fingerprint density at radius 2 is 3.00 bits per heavy atom. The molecule has 5 heavy (non-hydrogen) atoms. The van der Waals surface area contributed by atoms with Gasteiger partial charge in [0.05, 0.1) is 18.6 Å². The summed E-state index contributed by atoms with van der Waals surface area (Å²) < 4.78 is 7.71. The van der Waals surface area contributed by atoms with Crippen LogP contribution in [0.5, 0.6) is 0 Å². The summed E-state index contributed by atoms with van der Waals surface area (Å²) in [5.41, 5.74) is 0. The van der Waals surface area contributed by atoms with Crippen LogP contribution in [0.4, 0.5) is 0 Å². The number of hydrogen-bond donors (Lipinski definition) is 1. The quantitative estimate of drug-likeness (QED) is 0.281. The normalized spacial score (nSPS) is 28.8. The molecule has 2 nitrogen and oxygen atoms in total. The van der Waals surface area contributed by atoms with Gasteiger partial charge in [0.2, 0.25) is 0 Å². The maximum absolute atomic E-state index is 4.76. The van der Waals surface area contributed by atoms with Crippen LogP contribution in [0.15, 0.2) is 0 Å². The molecule has 0 amide bonds. The Balaban J connectivity index is 2.08. The first kappa shape index (κ1) is 3.88. The summed E-state index contributed by atoms with van der Waals surface area (Å²) >= 11 is 1.34. The zero-order chi connectivity index (χ0) is 3.54. The molecule has 0 aromatic carbocycles. The predicted octanol–water partition coefficient (Wildman–Crippen LogP) is 0.720. The molecular weight excluding hydrogens is 105 g/mol. The molecular formula is CH4NOPS. The number of nitrogens with one attached hydrogen (secondary N) is 1. The molecule has 1 aliphatic rings. The Kier molecular flexibility index (Phi) is 1.53. The lowest BCUT2D eigenvalue weighted by molar-refractivity contribution is 0.471. The van der Waals surface area contributed by atoms with E-state index in [9.17, 15) is 0 Å². The molecule has 1 N–H and O–H groups in total. The fraction of sp³-hybridized carbons (Fsp3) is 1.00. The highest BCUT2D eigenvalue weighted by Gasteiger charge is 1.94. The van der Waals surface area contributed by atoms with Crippen LogP contribution >= 0.6 is 21.0 Å². The molecule has 0 aromatic rings. The molecule has 0 aliphatic carbocycles. The number of rotatable bonds is 0. The maximum atomic E-state index is 4.76. The van der Waals surface area contributed by atoms with Gasteiger partial charge in [-0.3, -0.25) is 4.18 Å². The molecule has 1 fully saturated rings. The first-order valence-corrected chi connectivity index (χ1v) is 3.21. The fourth-order valence-corrected chi connectivity index (χ4v) is 1.33. The molecule has 1 saturated heterocycles. The Morgan fingerprint density at radius 3 is 3.20 bits per heavy atom. The minimum absolute atomic E-state index is 0.799. The van der Waals surface area contributed by atoms with Gasteiger partial charge in [-0.2, -0.15) is 0 Å². The van der Waals surface area contributed by atoms with Crippen molar-refractivity contribution in [3.63, 3.8) is 0 Å². The van der Waals surface area contributed by atoms with Crippen LogP contribution in [0.1, 0.15) is 0 Å². The van der Waals surface area contributed by atoms with Crippen molar-refractivity contribution in [1.29, 1.82) is 0 Å². The minimum atomic E-state index is 0.799. The van der Waals surface area contributed by atoms with Gasteiger partial charge in [-0.1, -0.05) is 0 Å². The molecule has 0 aromatic heterocycles. The second-order valence-electron chi connectivity index (χ2n) is 0.624. The molecule has 0 bridgehead atoms. The lowest BCUT2D eigenvalue weighted by Crippen LogP contribution is -1.69. The Bertz CT molecular complexity index is 23.2. The second kappa shape index (κ2) is 1.98. The van der Waals surface area contributed by atoms with Crippen molar-refractivity contribution in [1.82, 2.24) is 4.49 Å². The molecule has 4 heteroatoms. The van der Waals surface area contributed by atoms with E-state index in [4.69, 9.17) is 4.18 Å². The average molecular weight is 109 g/mol. The molecule has 1 aliphatic heterocycles. The summed E-state index contributed by atoms with van der Waals surface area (Å²) in [6, 6.07) is 0. The van der Waals surface area contributed by atoms with E-state index in [1.54, 1.807) is 0 Å². The van der Waals surface area contributed by atoms with Gasteiger partial charge >= 0.3 is 0 Å². The monoisotopic (exact) mass is 109 g/mol. The van der Waals surface area contributed by atoms with Crippen molar-refractivity contribution < 1.29 is 4.18 Å². The van der Waals surface area contributed by atoms with Crippen LogP contribution in [0, 0.1) is 0 Å². The van der Waals surface area contributed by atoms with Gasteiger partial charge in [-0.05, 0) is 8.73 Å². The van der Waals surface area contributed by atoms with Crippen LogP contribution in [-0.4, -0.2) is 6.35 Å². The second-order valence-corrected chi connectivity index (χ2v) is 2.49. The number of hydrogen-bond acceptors (Lipinski definition) is 3. The largest absolute Gasteiger partial charge is 0.295 e. The molecule has 0 radical (unpaired) electrons. The van der Waals surface area contributed by atoms with Crippen LogP contribution in [0.2, 0.25) is 0 Å². The summed E-state index contributed by atoms with van der Waals surface area (Å²) in [7, 11) is 0.799. The van der Waals surface area contributed by atoms with Crippen molar-refractivity contribution in [2.75, 3.05) is 6.35 Å². The highest BCUT2D eigenvalue weighted by molar-refractivity contribution is 7.97. The molecule has 1 rings (SSSR count). The first-order chi connectivity index (χ1) is 2.50. The van der Waals surface area contributed by atoms with E-state index >= 15 is 0 Å². The van der Waals surface area contributed by atoms with E-state index in [2.05, 4.69) is 4.49 Å². The summed E-state index contributed by atoms with van der Waals surface area (Å²) in [4.78, 5) is 0. The third-order valence-electron chi connectivity index (χ3n) is 0.304. The van der Waals surface area contributed by atoms with Crippen molar-refractivity contribution >= 4 is 21.0 Å². The van der Waals surface area contributed by atoms with Crippen molar-refractivity contribution in [3.05, 3.63) is 0 Å². The van der Waals surface area contributed by atoms with E-state index in [1.807, 2.05) is 0 Å². The van der Waals surface area contributed by atoms with Gasteiger partial charge in [0.25, 0.3) is 0 Å². The highest BCUT2D eigenvalue weighted by Crippen LogP contribution is 2.20. The molecule has 30 valence electrons. The minimum Gasteiger partial charge on any atom is -0.295 e. The van der Waals surface area contributed by atoms with E-state index in [0.29, 0.717) is 0 Å². The van der Waals surface area contributed by atoms with Gasteiger partial charge < -0.3 is 0 Å². The predicted molar refractivity (Wildman–Crippen MR) is 25.0 cm³/mol. The molecule has 1 atom stereocenters. The molecule has 0 spiro atoms. The van der Waals surface area contributed by atoms with Crippen molar-refractivity contribution in [2.24, 2.45) is 0 Å². The molecule has 0 saturated carbocycles. The average Bonchev–Trinajstić information content (AvgIpc) is 1.76. The van der Waals surface area contributed by atoms with Crippen molar-refractivity contribution in [3.8, 4) is 0 Å². The zero-order valence-electron chi connectivity index (χ0n) is 2.52. The first-order valence-electron chi connectivity index (χ1n) is 1.26. The summed E-state index contributed by atoms with van der Waals surface area (Å²) in [6.45, 7) is 0. The smallest absolute Gasteiger partial charge is 0.0936 e. The zero-order valence-corrected chi connectivity index (χ0v) is 4.34. The van der Waals surface area contributed by atoms with Gasteiger partial charge in [-0.25, -0.2) is 4.49 Å². The third-order valence-corrected chi connectivity index (χ3v) is 1.95. The van der Waals surface area contributed by atoms with Crippen LogP contribution in [0.3, 0.4) is 0 Å². The van der Waals surface area contributed by atoms with Gasteiger partial charge in [0, 0.05) is 0 Å².